The minimum absolute atomic E-state index is 0.225. The molecule has 3 nitrogen and oxygen atoms in total. The van der Waals surface area contributed by atoms with Crippen molar-refractivity contribution in [2.75, 3.05) is 5.32 Å². The lowest BCUT2D eigenvalue weighted by Crippen LogP contribution is -2.07. The first-order valence-electron chi connectivity index (χ1n) is 5.39. The van der Waals surface area contributed by atoms with Crippen LogP contribution in [0.3, 0.4) is 0 Å². The van der Waals surface area contributed by atoms with E-state index < -0.39 is 0 Å². The second kappa shape index (κ2) is 5.14. The average Bonchev–Trinajstić information content (AvgIpc) is 2.58. The SMILES string of the molecule is Cc1nc(C)c(C(C)Nc2cccc(Br)n2)s1. The molecule has 1 unspecified atom stereocenters. The number of hydrogen-bond donors (Lipinski definition) is 1. The molecule has 2 rings (SSSR count). The quantitative estimate of drug-likeness (QED) is 0.868. The summed E-state index contributed by atoms with van der Waals surface area (Å²) in [5, 5.41) is 4.49. The van der Waals surface area contributed by atoms with E-state index in [1.807, 2.05) is 32.0 Å². The fourth-order valence-corrected chi connectivity index (χ4v) is 3.00. The predicted octanol–water partition coefficient (Wildman–Crippen LogP) is 4.09. The van der Waals surface area contributed by atoms with Crippen molar-refractivity contribution >= 4 is 33.1 Å². The number of nitrogens with one attached hydrogen (secondary N) is 1. The predicted molar refractivity (Wildman–Crippen MR) is 75.6 cm³/mol. The van der Waals surface area contributed by atoms with Gasteiger partial charge in [-0.05, 0) is 48.8 Å². The number of hydrogen-bond acceptors (Lipinski definition) is 4. The Bertz CT molecular complexity index is 524. The van der Waals surface area contributed by atoms with E-state index in [4.69, 9.17) is 0 Å². The molecule has 5 heteroatoms. The van der Waals surface area contributed by atoms with Crippen LogP contribution in [0.25, 0.3) is 0 Å². The van der Waals surface area contributed by atoms with E-state index in [1.54, 1.807) is 11.3 Å². The third-order valence-electron chi connectivity index (χ3n) is 2.41. The number of aryl methyl sites for hydroxylation is 2. The zero-order valence-electron chi connectivity index (χ0n) is 9.99. The normalized spacial score (nSPS) is 12.5. The summed E-state index contributed by atoms with van der Waals surface area (Å²) in [6, 6.07) is 6.07. The van der Waals surface area contributed by atoms with Gasteiger partial charge in [-0.15, -0.1) is 11.3 Å². The van der Waals surface area contributed by atoms with Gasteiger partial charge in [0.2, 0.25) is 0 Å². The molecule has 1 atom stereocenters. The highest BCUT2D eigenvalue weighted by Crippen LogP contribution is 2.27. The molecule has 2 aromatic heterocycles. The maximum atomic E-state index is 4.44. The summed E-state index contributed by atoms with van der Waals surface area (Å²) in [5.41, 5.74) is 1.10. The van der Waals surface area contributed by atoms with Crippen LogP contribution in [0.5, 0.6) is 0 Å². The summed E-state index contributed by atoms with van der Waals surface area (Å²) < 4.78 is 0.840. The molecule has 0 bridgehead atoms. The number of pyridine rings is 1. The Hall–Kier alpha value is -0.940. The Kier molecular flexibility index (Phi) is 3.79. The maximum absolute atomic E-state index is 4.44. The minimum Gasteiger partial charge on any atom is -0.363 e. The van der Waals surface area contributed by atoms with Crippen LogP contribution in [-0.4, -0.2) is 9.97 Å². The third-order valence-corrected chi connectivity index (χ3v) is 4.11. The van der Waals surface area contributed by atoms with E-state index in [-0.39, 0.29) is 6.04 Å². The van der Waals surface area contributed by atoms with Gasteiger partial charge < -0.3 is 5.32 Å². The van der Waals surface area contributed by atoms with Crippen LogP contribution in [0.4, 0.5) is 5.82 Å². The molecule has 0 amide bonds. The van der Waals surface area contributed by atoms with Gasteiger partial charge >= 0.3 is 0 Å². The summed E-state index contributed by atoms with van der Waals surface area (Å²) in [7, 11) is 0. The summed E-state index contributed by atoms with van der Waals surface area (Å²) in [6.07, 6.45) is 0. The molecule has 0 aromatic carbocycles. The van der Waals surface area contributed by atoms with Gasteiger partial charge in [0.1, 0.15) is 10.4 Å². The van der Waals surface area contributed by atoms with Crippen LogP contribution < -0.4 is 5.32 Å². The van der Waals surface area contributed by atoms with Crippen molar-refractivity contribution in [3.05, 3.63) is 38.4 Å². The van der Waals surface area contributed by atoms with Crippen molar-refractivity contribution < 1.29 is 0 Å². The third kappa shape index (κ3) is 3.04. The van der Waals surface area contributed by atoms with Crippen LogP contribution in [0.2, 0.25) is 0 Å². The molecular weight excluding hydrogens is 298 g/mol. The molecule has 0 aliphatic rings. The van der Waals surface area contributed by atoms with Crippen molar-refractivity contribution in [1.82, 2.24) is 9.97 Å². The Morgan fingerprint density at radius 3 is 2.65 bits per heavy atom. The molecule has 0 saturated carbocycles. The zero-order chi connectivity index (χ0) is 12.4. The van der Waals surface area contributed by atoms with E-state index in [9.17, 15) is 0 Å². The van der Waals surface area contributed by atoms with Crippen LogP contribution in [0.1, 0.15) is 28.5 Å². The van der Waals surface area contributed by atoms with Crippen LogP contribution in [-0.2, 0) is 0 Å². The zero-order valence-corrected chi connectivity index (χ0v) is 12.4. The Morgan fingerprint density at radius 2 is 2.06 bits per heavy atom. The van der Waals surface area contributed by atoms with Crippen molar-refractivity contribution in [1.29, 1.82) is 0 Å². The lowest BCUT2D eigenvalue weighted by molar-refractivity contribution is 0.878. The van der Waals surface area contributed by atoms with Crippen molar-refractivity contribution in [2.24, 2.45) is 0 Å². The average molecular weight is 312 g/mol. The minimum atomic E-state index is 0.225. The van der Waals surface area contributed by atoms with E-state index in [0.717, 1.165) is 21.1 Å². The lowest BCUT2D eigenvalue weighted by Gasteiger charge is -2.13. The maximum Gasteiger partial charge on any atom is 0.127 e. The number of nitrogens with zero attached hydrogens (tertiary/aromatic N) is 2. The summed E-state index contributed by atoms with van der Waals surface area (Å²) in [6.45, 7) is 6.21. The van der Waals surface area contributed by atoms with Crippen LogP contribution in [0.15, 0.2) is 22.8 Å². The van der Waals surface area contributed by atoms with E-state index in [1.165, 1.54) is 4.88 Å². The van der Waals surface area contributed by atoms with Gasteiger partial charge in [-0.25, -0.2) is 9.97 Å². The van der Waals surface area contributed by atoms with Gasteiger partial charge in [-0.2, -0.15) is 0 Å². The molecule has 0 aliphatic carbocycles. The molecule has 2 aromatic rings. The van der Waals surface area contributed by atoms with Gasteiger partial charge in [0.05, 0.1) is 16.7 Å². The molecule has 0 aliphatic heterocycles. The van der Waals surface area contributed by atoms with Crippen LogP contribution >= 0.6 is 27.3 Å². The van der Waals surface area contributed by atoms with E-state index in [2.05, 4.69) is 38.1 Å². The summed E-state index contributed by atoms with van der Waals surface area (Å²) in [4.78, 5) is 10.1. The number of rotatable bonds is 3. The first-order valence-corrected chi connectivity index (χ1v) is 7.00. The summed E-state index contributed by atoms with van der Waals surface area (Å²) >= 11 is 5.10. The second-order valence-electron chi connectivity index (χ2n) is 3.89. The largest absolute Gasteiger partial charge is 0.363 e. The Labute approximate surface area is 113 Å². The molecule has 2 heterocycles. The fraction of sp³-hybridized carbons (Fsp3) is 0.333. The standard InChI is InChI=1S/C12H14BrN3S/c1-7-12(17-9(3)14-7)8(2)15-11-6-4-5-10(13)16-11/h4-6,8H,1-3H3,(H,15,16). The fourth-order valence-electron chi connectivity index (χ4n) is 1.72. The molecular formula is C12H14BrN3S. The molecule has 0 fully saturated rings. The Balaban J connectivity index is 2.16. The lowest BCUT2D eigenvalue weighted by atomic mass is 10.2. The molecule has 1 N–H and O–H groups in total. The monoisotopic (exact) mass is 311 g/mol. The molecule has 0 saturated heterocycles. The number of anilines is 1. The second-order valence-corrected chi connectivity index (χ2v) is 5.94. The highest BCUT2D eigenvalue weighted by Gasteiger charge is 2.13. The van der Waals surface area contributed by atoms with Crippen molar-refractivity contribution in [3.8, 4) is 0 Å². The van der Waals surface area contributed by atoms with Crippen molar-refractivity contribution in [2.45, 2.75) is 26.8 Å². The number of thiazole rings is 1. The first-order chi connectivity index (χ1) is 8.06. The molecule has 0 radical (unpaired) electrons. The van der Waals surface area contributed by atoms with Crippen molar-refractivity contribution in [3.63, 3.8) is 0 Å². The van der Waals surface area contributed by atoms with Gasteiger partial charge in [-0.3, -0.25) is 0 Å². The summed E-state index contributed by atoms with van der Waals surface area (Å²) in [5.74, 6) is 0.873. The molecule has 17 heavy (non-hydrogen) atoms. The van der Waals surface area contributed by atoms with Gasteiger partial charge in [0, 0.05) is 4.88 Å². The Morgan fingerprint density at radius 1 is 1.29 bits per heavy atom. The highest BCUT2D eigenvalue weighted by atomic mass is 79.9. The molecule has 0 spiro atoms. The van der Waals surface area contributed by atoms with E-state index in [0.29, 0.717) is 0 Å². The topological polar surface area (TPSA) is 37.8 Å². The molecule has 90 valence electrons. The van der Waals surface area contributed by atoms with E-state index >= 15 is 0 Å². The number of halogens is 1. The van der Waals surface area contributed by atoms with Gasteiger partial charge in [-0.1, -0.05) is 6.07 Å². The highest BCUT2D eigenvalue weighted by molar-refractivity contribution is 9.10. The smallest absolute Gasteiger partial charge is 0.127 e. The number of aromatic nitrogens is 2. The van der Waals surface area contributed by atoms with Gasteiger partial charge in [0.15, 0.2) is 0 Å². The van der Waals surface area contributed by atoms with Crippen LogP contribution in [0, 0.1) is 13.8 Å². The first kappa shape index (κ1) is 12.5. The van der Waals surface area contributed by atoms with Gasteiger partial charge in [0.25, 0.3) is 0 Å².